The quantitative estimate of drug-likeness (QED) is 0.866. The number of aliphatic hydroxyl groups excluding tert-OH is 1. The van der Waals surface area contributed by atoms with Gasteiger partial charge in [-0.1, -0.05) is 13.8 Å². The van der Waals surface area contributed by atoms with E-state index in [9.17, 15) is 10.4 Å². The van der Waals surface area contributed by atoms with Crippen molar-refractivity contribution in [2.45, 2.75) is 52.6 Å². The molecule has 0 spiro atoms. The summed E-state index contributed by atoms with van der Waals surface area (Å²) in [5, 5.41) is 20.0. The molecule has 1 aliphatic carbocycles. The van der Waals surface area contributed by atoms with Crippen LogP contribution in [0.2, 0.25) is 0 Å². The number of rotatable bonds is 2. The zero-order valence-electron chi connectivity index (χ0n) is 11.4. The summed E-state index contributed by atoms with van der Waals surface area (Å²) in [6.07, 6.45) is 2.59. The molecule has 2 rings (SSSR count). The molecule has 1 fully saturated rings. The number of nitrogens with zero attached hydrogens (tertiary/aromatic N) is 1. The molecule has 0 radical (unpaired) electrons. The average molecular weight is 247 g/mol. The van der Waals surface area contributed by atoms with Crippen molar-refractivity contribution in [3.8, 4) is 6.07 Å². The van der Waals surface area contributed by atoms with Gasteiger partial charge in [-0.3, -0.25) is 0 Å². The first-order chi connectivity index (χ1) is 8.38. The third-order valence-electron chi connectivity index (χ3n) is 4.27. The second-order valence-corrected chi connectivity index (χ2v) is 6.28. The SMILES string of the molecule is Cc1ccc(C(O)C2(C#N)CCC(C)(C)CC2)o1. The lowest BCUT2D eigenvalue weighted by Crippen LogP contribution is -2.35. The first kappa shape index (κ1) is 13.2. The number of hydrogen-bond donors (Lipinski definition) is 1. The van der Waals surface area contributed by atoms with Gasteiger partial charge in [0.2, 0.25) is 0 Å². The predicted molar refractivity (Wildman–Crippen MR) is 68.7 cm³/mol. The van der Waals surface area contributed by atoms with Gasteiger partial charge in [-0.15, -0.1) is 0 Å². The molecule has 1 aromatic heterocycles. The van der Waals surface area contributed by atoms with Crippen LogP contribution in [-0.4, -0.2) is 5.11 Å². The molecular weight excluding hydrogens is 226 g/mol. The van der Waals surface area contributed by atoms with Gasteiger partial charge < -0.3 is 9.52 Å². The van der Waals surface area contributed by atoms with E-state index in [0.29, 0.717) is 5.76 Å². The van der Waals surface area contributed by atoms with Crippen LogP contribution in [0.15, 0.2) is 16.5 Å². The van der Waals surface area contributed by atoms with Crippen LogP contribution < -0.4 is 0 Å². The van der Waals surface area contributed by atoms with E-state index in [2.05, 4.69) is 19.9 Å². The van der Waals surface area contributed by atoms with Gasteiger partial charge in [0.25, 0.3) is 0 Å². The lowest BCUT2D eigenvalue weighted by atomic mass is 9.63. The molecule has 1 saturated carbocycles. The highest BCUT2D eigenvalue weighted by atomic mass is 16.4. The standard InChI is InChI=1S/C15H21NO2/c1-11-4-5-12(18-11)13(17)15(10-16)8-6-14(2,3)7-9-15/h4-5,13,17H,6-9H2,1-3H3. The Hall–Kier alpha value is -1.27. The van der Waals surface area contributed by atoms with Crippen molar-refractivity contribution in [3.05, 3.63) is 23.7 Å². The second kappa shape index (κ2) is 4.44. The maximum absolute atomic E-state index is 10.5. The van der Waals surface area contributed by atoms with E-state index >= 15 is 0 Å². The third kappa shape index (κ3) is 2.30. The minimum Gasteiger partial charge on any atom is -0.464 e. The fraction of sp³-hybridized carbons (Fsp3) is 0.667. The molecule has 18 heavy (non-hydrogen) atoms. The Morgan fingerprint density at radius 2 is 1.89 bits per heavy atom. The van der Waals surface area contributed by atoms with Crippen LogP contribution >= 0.6 is 0 Å². The topological polar surface area (TPSA) is 57.2 Å². The van der Waals surface area contributed by atoms with E-state index in [1.54, 1.807) is 6.07 Å². The largest absolute Gasteiger partial charge is 0.464 e. The third-order valence-corrected chi connectivity index (χ3v) is 4.27. The molecule has 1 unspecified atom stereocenters. The van der Waals surface area contributed by atoms with E-state index in [1.807, 2.05) is 13.0 Å². The Kier molecular flexibility index (Phi) is 3.25. The zero-order valence-corrected chi connectivity index (χ0v) is 11.4. The van der Waals surface area contributed by atoms with Gasteiger partial charge in [-0.2, -0.15) is 5.26 Å². The highest BCUT2D eigenvalue weighted by Gasteiger charge is 2.45. The summed E-state index contributed by atoms with van der Waals surface area (Å²) in [6.45, 7) is 6.29. The number of furan rings is 1. The van der Waals surface area contributed by atoms with E-state index in [0.717, 1.165) is 31.4 Å². The van der Waals surface area contributed by atoms with Crippen LogP contribution in [0.3, 0.4) is 0 Å². The molecule has 0 saturated heterocycles. The fourth-order valence-electron chi connectivity index (χ4n) is 2.69. The van der Waals surface area contributed by atoms with Crippen molar-refractivity contribution < 1.29 is 9.52 Å². The highest BCUT2D eigenvalue weighted by Crippen LogP contribution is 2.51. The molecular formula is C15H21NO2. The summed E-state index contributed by atoms with van der Waals surface area (Å²) >= 11 is 0. The van der Waals surface area contributed by atoms with Crippen molar-refractivity contribution in [1.82, 2.24) is 0 Å². The highest BCUT2D eigenvalue weighted by molar-refractivity contribution is 5.17. The van der Waals surface area contributed by atoms with Gasteiger partial charge in [0.05, 0.1) is 11.5 Å². The summed E-state index contributed by atoms with van der Waals surface area (Å²) in [7, 11) is 0. The van der Waals surface area contributed by atoms with Crippen molar-refractivity contribution >= 4 is 0 Å². The molecule has 1 heterocycles. The molecule has 3 nitrogen and oxygen atoms in total. The van der Waals surface area contributed by atoms with E-state index in [1.165, 1.54) is 0 Å². The maximum atomic E-state index is 10.5. The summed E-state index contributed by atoms with van der Waals surface area (Å²) < 4.78 is 5.48. The minimum atomic E-state index is -0.813. The van der Waals surface area contributed by atoms with E-state index in [4.69, 9.17) is 4.42 Å². The molecule has 0 amide bonds. The molecule has 0 aliphatic heterocycles. The van der Waals surface area contributed by atoms with Crippen molar-refractivity contribution in [1.29, 1.82) is 5.26 Å². The number of aliphatic hydroxyl groups is 1. The van der Waals surface area contributed by atoms with Gasteiger partial charge in [0.15, 0.2) is 0 Å². The van der Waals surface area contributed by atoms with Crippen LogP contribution in [-0.2, 0) is 0 Å². The lowest BCUT2D eigenvalue weighted by molar-refractivity contribution is -0.00363. The van der Waals surface area contributed by atoms with Gasteiger partial charge >= 0.3 is 0 Å². The normalized spacial score (nSPS) is 23.3. The molecule has 1 atom stereocenters. The van der Waals surface area contributed by atoms with Crippen molar-refractivity contribution in [2.75, 3.05) is 0 Å². The van der Waals surface area contributed by atoms with Crippen LogP contribution in [0.1, 0.15) is 57.2 Å². The Morgan fingerprint density at radius 1 is 1.28 bits per heavy atom. The predicted octanol–water partition coefficient (Wildman–Crippen LogP) is 3.73. The Balaban J connectivity index is 2.22. The molecule has 1 aliphatic rings. The molecule has 0 aromatic carbocycles. The van der Waals surface area contributed by atoms with Crippen molar-refractivity contribution in [3.63, 3.8) is 0 Å². The molecule has 1 aromatic rings. The number of aryl methyl sites for hydroxylation is 1. The summed E-state index contributed by atoms with van der Waals surface area (Å²) in [6, 6.07) is 5.96. The number of nitriles is 1. The van der Waals surface area contributed by atoms with Crippen LogP contribution in [0, 0.1) is 29.1 Å². The smallest absolute Gasteiger partial charge is 0.134 e. The first-order valence-corrected chi connectivity index (χ1v) is 6.54. The Morgan fingerprint density at radius 3 is 2.33 bits per heavy atom. The van der Waals surface area contributed by atoms with Crippen LogP contribution in [0.4, 0.5) is 0 Å². The summed E-state index contributed by atoms with van der Waals surface area (Å²) in [4.78, 5) is 0. The fourth-order valence-corrected chi connectivity index (χ4v) is 2.69. The first-order valence-electron chi connectivity index (χ1n) is 6.54. The minimum absolute atomic E-state index is 0.277. The maximum Gasteiger partial charge on any atom is 0.134 e. The summed E-state index contributed by atoms with van der Waals surface area (Å²) in [5.74, 6) is 1.29. The van der Waals surface area contributed by atoms with Gasteiger partial charge in [-0.05, 0) is 50.2 Å². The molecule has 3 heteroatoms. The molecule has 98 valence electrons. The van der Waals surface area contributed by atoms with Crippen molar-refractivity contribution in [2.24, 2.45) is 10.8 Å². The van der Waals surface area contributed by atoms with E-state index < -0.39 is 11.5 Å². The lowest BCUT2D eigenvalue weighted by Gasteiger charge is -2.41. The Labute approximate surface area is 108 Å². The molecule has 1 N–H and O–H groups in total. The van der Waals surface area contributed by atoms with Crippen LogP contribution in [0.5, 0.6) is 0 Å². The Bertz CT molecular complexity index is 457. The second-order valence-electron chi connectivity index (χ2n) is 6.28. The van der Waals surface area contributed by atoms with Crippen LogP contribution in [0.25, 0.3) is 0 Å². The average Bonchev–Trinajstić information content (AvgIpc) is 2.76. The zero-order chi connectivity index (χ0) is 13.4. The number of hydrogen-bond acceptors (Lipinski definition) is 3. The van der Waals surface area contributed by atoms with Gasteiger partial charge in [0.1, 0.15) is 17.6 Å². The summed E-state index contributed by atoms with van der Waals surface area (Å²) in [5.41, 5.74) is -0.404. The van der Waals surface area contributed by atoms with E-state index in [-0.39, 0.29) is 5.41 Å². The van der Waals surface area contributed by atoms with Gasteiger partial charge in [-0.25, -0.2) is 0 Å². The monoisotopic (exact) mass is 247 g/mol. The molecule has 0 bridgehead atoms. The van der Waals surface area contributed by atoms with Gasteiger partial charge in [0, 0.05) is 0 Å².